The highest BCUT2D eigenvalue weighted by molar-refractivity contribution is 6.41. The van der Waals surface area contributed by atoms with Gasteiger partial charge in [-0.25, -0.2) is 4.98 Å². The van der Waals surface area contributed by atoms with E-state index in [2.05, 4.69) is 16.4 Å². The van der Waals surface area contributed by atoms with Crippen LogP contribution >= 0.6 is 23.2 Å². The Morgan fingerprint density at radius 1 is 1.31 bits per heavy atom. The van der Waals surface area contributed by atoms with Gasteiger partial charge in [0.1, 0.15) is 5.15 Å². The predicted octanol–water partition coefficient (Wildman–Crippen LogP) is 3.01. The van der Waals surface area contributed by atoms with E-state index in [1.807, 2.05) is 12.3 Å². The van der Waals surface area contributed by atoms with Crippen LogP contribution in [0.2, 0.25) is 10.2 Å². The molecule has 0 saturated carbocycles. The maximum absolute atomic E-state index is 5.98. The fourth-order valence-corrected chi connectivity index (χ4v) is 2.86. The summed E-state index contributed by atoms with van der Waals surface area (Å²) in [6.45, 7) is 2.22. The second-order valence-corrected chi connectivity index (χ2v) is 5.24. The number of allylic oxidation sites excluding steroid dienone is 1. The summed E-state index contributed by atoms with van der Waals surface area (Å²) in [7, 11) is 0. The molecule has 0 radical (unpaired) electrons. The molecule has 0 spiro atoms. The molecule has 0 amide bonds. The summed E-state index contributed by atoms with van der Waals surface area (Å²) < 4.78 is 0. The van der Waals surface area contributed by atoms with E-state index in [9.17, 15) is 0 Å². The summed E-state index contributed by atoms with van der Waals surface area (Å²) >= 11 is 11.8. The van der Waals surface area contributed by atoms with Gasteiger partial charge in [-0.05, 0) is 42.0 Å². The summed E-state index contributed by atoms with van der Waals surface area (Å²) in [5.74, 6) is 1.44. The van der Waals surface area contributed by atoms with Crippen LogP contribution in [0.4, 0.5) is 0 Å². The fourth-order valence-electron chi connectivity index (χ4n) is 2.59. The van der Waals surface area contributed by atoms with Crippen LogP contribution in [0.1, 0.15) is 12.0 Å². The number of rotatable bonds is 1. The SMILES string of the molecule is Clc1cc(C2=CC3CNCC3C2)cnc1Cl. The van der Waals surface area contributed by atoms with E-state index >= 15 is 0 Å². The van der Waals surface area contributed by atoms with Gasteiger partial charge in [-0.1, -0.05) is 29.3 Å². The van der Waals surface area contributed by atoms with Crippen molar-refractivity contribution < 1.29 is 0 Å². The summed E-state index contributed by atoms with van der Waals surface area (Å²) in [5, 5.41) is 4.33. The lowest BCUT2D eigenvalue weighted by atomic mass is 9.99. The van der Waals surface area contributed by atoms with Gasteiger partial charge >= 0.3 is 0 Å². The largest absolute Gasteiger partial charge is 0.316 e. The molecule has 1 saturated heterocycles. The Hall–Kier alpha value is -0.570. The molecule has 84 valence electrons. The molecule has 1 fully saturated rings. The zero-order valence-corrected chi connectivity index (χ0v) is 10.2. The average Bonchev–Trinajstić information content (AvgIpc) is 2.81. The van der Waals surface area contributed by atoms with E-state index < -0.39 is 0 Å². The molecule has 2 aliphatic rings. The summed E-state index contributed by atoms with van der Waals surface area (Å²) in [4.78, 5) is 4.09. The smallest absolute Gasteiger partial charge is 0.147 e. The third-order valence-electron chi connectivity index (χ3n) is 3.46. The molecule has 2 heterocycles. The number of nitrogens with one attached hydrogen (secondary N) is 1. The lowest BCUT2D eigenvalue weighted by molar-refractivity contribution is 0.536. The highest BCUT2D eigenvalue weighted by Gasteiger charge is 2.31. The maximum Gasteiger partial charge on any atom is 0.147 e. The molecule has 4 heteroatoms. The third-order valence-corrected chi connectivity index (χ3v) is 4.14. The van der Waals surface area contributed by atoms with Crippen molar-refractivity contribution in [1.29, 1.82) is 0 Å². The molecule has 1 aromatic rings. The van der Waals surface area contributed by atoms with Crippen molar-refractivity contribution in [2.75, 3.05) is 13.1 Å². The van der Waals surface area contributed by atoms with Crippen LogP contribution in [0.15, 0.2) is 18.3 Å². The predicted molar refractivity (Wildman–Crippen MR) is 66.7 cm³/mol. The van der Waals surface area contributed by atoms with Crippen LogP contribution in [0.25, 0.3) is 5.57 Å². The van der Waals surface area contributed by atoms with E-state index in [1.54, 1.807) is 0 Å². The van der Waals surface area contributed by atoms with Crippen LogP contribution in [0.5, 0.6) is 0 Å². The van der Waals surface area contributed by atoms with Gasteiger partial charge in [0.25, 0.3) is 0 Å². The summed E-state index contributed by atoms with van der Waals surface area (Å²) in [5.41, 5.74) is 2.48. The minimum absolute atomic E-state index is 0.380. The molecule has 1 aromatic heterocycles. The molecule has 2 atom stereocenters. The number of fused-ring (bicyclic) bond motifs is 1. The number of hydrogen-bond acceptors (Lipinski definition) is 2. The van der Waals surface area contributed by atoms with Gasteiger partial charge in [-0.15, -0.1) is 0 Å². The highest BCUT2D eigenvalue weighted by Crippen LogP contribution is 2.38. The molecule has 3 rings (SSSR count). The van der Waals surface area contributed by atoms with Crippen molar-refractivity contribution >= 4 is 28.8 Å². The standard InChI is InChI=1S/C12H12Cl2N2/c13-11-3-10(6-16-12(11)14)7-1-8-4-15-5-9(8)2-7/h1,3,6,8-9,15H,2,4-5H2. The first-order valence-corrected chi connectivity index (χ1v) is 6.22. The second kappa shape index (κ2) is 4.02. The minimum Gasteiger partial charge on any atom is -0.316 e. The van der Waals surface area contributed by atoms with Crippen molar-refractivity contribution in [2.24, 2.45) is 11.8 Å². The van der Waals surface area contributed by atoms with Crippen molar-refractivity contribution in [2.45, 2.75) is 6.42 Å². The Kier molecular flexibility index (Phi) is 2.66. The van der Waals surface area contributed by atoms with Crippen molar-refractivity contribution in [3.8, 4) is 0 Å². The van der Waals surface area contributed by atoms with E-state index in [4.69, 9.17) is 23.2 Å². The third kappa shape index (κ3) is 1.75. The summed E-state index contributed by atoms with van der Waals surface area (Å²) in [6, 6.07) is 1.91. The topological polar surface area (TPSA) is 24.9 Å². The Morgan fingerprint density at radius 2 is 2.19 bits per heavy atom. The Bertz CT molecular complexity index is 456. The molecule has 1 N–H and O–H groups in total. The number of pyridine rings is 1. The Balaban J connectivity index is 1.90. The van der Waals surface area contributed by atoms with Crippen LogP contribution in [0, 0.1) is 11.8 Å². The number of nitrogens with zero attached hydrogens (tertiary/aromatic N) is 1. The maximum atomic E-state index is 5.98. The van der Waals surface area contributed by atoms with E-state index in [-0.39, 0.29) is 0 Å². The van der Waals surface area contributed by atoms with Gasteiger partial charge in [0.05, 0.1) is 5.02 Å². The molecular weight excluding hydrogens is 243 g/mol. The van der Waals surface area contributed by atoms with Gasteiger partial charge in [-0.3, -0.25) is 0 Å². The molecule has 0 bridgehead atoms. The van der Waals surface area contributed by atoms with Crippen LogP contribution < -0.4 is 5.32 Å². The molecular formula is C12H12Cl2N2. The van der Waals surface area contributed by atoms with Crippen LogP contribution in [-0.4, -0.2) is 18.1 Å². The second-order valence-electron chi connectivity index (χ2n) is 4.47. The Morgan fingerprint density at radius 3 is 2.94 bits per heavy atom. The van der Waals surface area contributed by atoms with Gasteiger partial charge in [0.2, 0.25) is 0 Å². The monoisotopic (exact) mass is 254 g/mol. The van der Waals surface area contributed by atoms with E-state index in [0.717, 1.165) is 31.0 Å². The van der Waals surface area contributed by atoms with Gasteiger partial charge in [0, 0.05) is 12.7 Å². The highest BCUT2D eigenvalue weighted by atomic mass is 35.5. The molecule has 16 heavy (non-hydrogen) atoms. The Labute approximate surface area is 105 Å². The number of aromatic nitrogens is 1. The lowest BCUT2D eigenvalue weighted by Gasteiger charge is -2.06. The number of hydrogen-bond donors (Lipinski definition) is 1. The quantitative estimate of drug-likeness (QED) is 0.780. The first kappa shape index (κ1) is 10.6. The zero-order valence-electron chi connectivity index (χ0n) is 8.71. The van der Waals surface area contributed by atoms with Gasteiger partial charge in [-0.2, -0.15) is 0 Å². The normalized spacial score (nSPS) is 28.0. The van der Waals surface area contributed by atoms with Crippen molar-refractivity contribution in [1.82, 2.24) is 10.3 Å². The lowest BCUT2D eigenvalue weighted by Crippen LogP contribution is -2.09. The average molecular weight is 255 g/mol. The van der Waals surface area contributed by atoms with Crippen molar-refractivity contribution in [3.63, 3.8) is 0 Å². The molecule has 2 unspecified atom stereocenters. The van der Waals surface area contributed by atoms with Crippen LogP contribution in [0.3, 0.4) is 0 Å². The molecule has 1 aliphatic heterocycles. The first-order valence-electron chi connectivity index (χ1n) is 5.47. The van der Waals surface area contributed by atoms with Gasteiger partial charge < -0.3 is 5.32 Å². The van der Waals surface area contributed by atoms with Gasteiger partial charge in [0.15, 0.2) is 0 Å². The summed E-state index contributed by atoms with van der Waals surface area (Å²) in [6.07, 6.45) is 5.29. The van der Waals surface area contributed by atoms with E-state index in [1.165, 1.54) is 5.57 Å². The minimum atomic E-state index is 0.380. The zero-order chi connectivity index (χ0) is 11.1. The first-order chi connectivity index (χ1) is 7.74. The molecule has 2 nitrogen and oxygen atoms in total. The van der Waals surface area contributed by atoms with Crippen molar-refractivity contribution in [3.05, 3.63) is 34.1 Å². The van der Waals surface area contributed by atoms with E-state index in [0.29, 0.717) is 16.1 Å². The van der Waals surface area contributed by atoms with Crippen LogP contribution in [-0.2, 0) is 0 Å². The number of halogens is 2. The molecule has 1 aliphatic carbocycles. The molecule has 0 aromatic carbocycles. The fraction of sp³-hybridized carbons (Fsp3) is 0.417.